The fourth-order valence-corrected chi connectivity index (χ4v) is 1.64. The van der Waals surface area contributed by atoms with Crippen molar-refractivity contribution in [1.29, 1.82) is 0 Å². The van der Waals surface area contributed by atoms with E-state index in [9.17, 15) is 14.4 Å². The van der Waals surface area contributed by atoms with Crippen LogP contribution in [0.1, 0.15) is 36.2 Å². The van der Waals surface area contributed by atoms with Gasteiger partial charge in [-0.2, -0.15) is 0 Å². The first-order valence-electron chi connectivity index (χ1n) is 7.81. The SMILES string of the molecule is [2H][13C]([2H])([2H])[N+](C)(C)C[C@@H](CC(=O)O)OC(=O)CCCCC(=O)O. The van der Waals surface area contributed by atoms with Crippen LogP contribution in [0.4, 0.5) is 0 Å². The van der Waals surface area contributed by atoms with Crippen LogP contribution in [0.25, 0.3) is 0 Å². The van der Waals surface area contributed by atoms with Crippen LogP contribution in [0.5, 0.6) is 0 Å². The van der Waals surface area contributed by atoms with Gasteiger partial charge in [0.05, 0.1) is 31.6 Å². The van der Waals surface area contributed by atoms with Gasteiger partial charge in [-0.05, 0) is 12.8 Å². The van der Waals surface area contributed by atoms with Crippen LogP contribution in [0.3, 0.4) is 0 Å². The van der Waals surface area contributed by atoms with Gasteiger partial charge in [0.25, 0.3) is 0 Å². The minimum absolute atomic E-state index is 0.0371. The van der Waals surface area contributed by atoms with Crippen molar-refractivity contribution < 1.29 is 37.9 Å². The molecule has 0 radical (unpaired) electrons. The second-order valence-corrected chi connectivity index (χ2v) is 5.18. The van der Waals surface area contributed by atoms with Gasteiger partial charge in [-0.3, -0.25) is 14.4 Å². The number of hydrogen-bond acceptors (Lipinski definition) is 4. The van der Waals surface area contributed by atoms with E-state index >= 15 is 0 Å². The van der Waals surface area contributed by atoms with Crippen LogP contribution in [-0.2, 0) is 19.1 Å². The topological polar surface area (TPSA) is 101 Å². The molecule has 1 atom stereocenters. The van der Waals surface area contributed by atoms with E-state index in [0.29, 0.717) is 12.8 Å². The average molecular weight is 294 g/mol. The lowest BCUT2D eigenvalue weighted by atomic mass is 10.2. The number of carboxylic acids is 2. The molecule has 2 N–H and O–H groups in total. The first-order chi connectivity index (χ1) is 10.3. The fourth-order valence-electron chi connectivity index (χ4n) is 1.64. The smallest absolute Gasteiger partial charge is 0.307 e. The van der Waals surface area contributed by atoms with Crippen LogP contribution >= 0.6 is 0 Å². The highest BCUT2D eigenvalue weighted by atomic mass is 16.5. The zero-order valence-electron chi connectivity index (χ0n) is 14.8. The molecule has 0 saturated carbocycles. The van der Waals surface area contributed by atoms with E-state index in [2.05, 4.69) is 0 Å². The van der Waals surface area contributed by atoms with E-state index in [0.717, 1.165) is 0 Å². The van der Waals surface area contributed by atoms with Gasteiger partial charge in [-0.1, -0.05) is 0 Å². The zero-order chi connectivity index (χ0) is 18.3. The monoisotopic (exact) mass is 294 g/mol. The summed E-state index contributed by atoms with van der Waals surface area (Å²) in [4.78, 5) is 32.9. The largest absolute Gasteiger partial charge is 0.481 e. The first kappa shape index (κ1) is 13.4. The number of carbonyl (C=O) groups is 3. The minimum Gasteiger partial charge on any atom is -0.481 e. The summed E-state index contributed by atoms with van der Waals surface area (Å²) in [6.45, 7) is -2.53. The second-order valence-electron chi connectivity index (χ2n) is 5.18. The molecule has 0 aromatic rings. The van der Waals surface area contributed by atoms with E-state index in [1.54, 1.807) is 0 Å². The summed E-state index contributed by atoms with van der Waals surface area (Å²) in [6.07, 6.45) is -1.03. The molecule has 0 aliphatic heterocycles. The molecule has 0 saturated heterocycles. The van der Waals surface area contributed by atoms with Crippen LogP contribution < -0.4 is 0 Å². The summed E-state index contributed by atoms with van der Waals surface area (Å²) in [6, 6.07) is 0. The number of carboxylic acid groups (broad SMARTS) is 2. The van der Waals surface area contributed by atoms with Crippen molar-refractivity contribution in [3.8, 4) is 0 Å². The van der Waals surface area contributed by atoms with Crippen LogP contribution in [0.2, 0.25) is 0 Å². The van der Waals surface area contributed by atoms with Gasteiger partial charge in [-0.15, -0.1) is 0 Å². The molecule has 0 spiro atoms. The third kappa shape index (κ3) is 11.5. The number of esters is 1. The summed E-state index contributed by atoms with van der Waals surface area (Å²) in [7, 11) is 2.81. The van der Waals surface area contributed by atoms with E-state index in [4.69, 9.17) is 19.1 Å². The molecular weight excluding hydrogens is 267 g/mol. The molecule has 0 unspecified atom stereocenters. The zero-order valence-corrected chi connectivity index (χ0v) is 11.8. The molecule has 0 bridgehead atoms. The first-order valence-corrected chi connectivity index (χ1v) is 6.31. The summed E-state index contributed by atoms with van der Waals surface area (Å²) in [5.74, 6) is -2.81. The highest BCUT2D eigenvalue weighted by Crippen LogP contribution is 2.08. The second kappa shape index (κ2) is 8.52. The highest BCUT2D eigenvalue weighted by Gasteiger charge is 2.24. The van der Waals surface area contributed by atoms with Crippen LogP contribution in [-0.4, -0.2) is 66.3 Å². The Bertz CT molecular complexity index is 436. The predicted molar refractivity (Wildman–Crippen MR) is 71.1 cm³/mol. The lowest BCUT2D eigenvalue weighted by Crippen LogP contribution is -2.43. The van der Waals surface area contributed by atoms with E-state index in [1.165, 1.54) is 14.1 Å². The molecule has 0 fully saturated rings. The molecular formula is C13H24NO6+. The van der Waals surface area contributed by atoms with Gasteiger partial charge >= 0.3 is 17.9 Å². The molecule has 0 aromatic heterocycles. The Kier molecular flexibility index (Phi) is 5.69. The van der Waals surface area contributed by atoms with E-state index in [-0.39, 0.29) is 19.4 Å². The Morgan fingerprint density at radius 1 is 1.15 bits per heavy atom. The number of hydrogen-bond donors (Lipinski definition) is 2. The summed E-state index contributed by atoms with van der Waals surface area (Å²) >= 11 is 0. The fraction of sp³-hybridized carbons (Fsp3) is 0.769. The van der Waals surface area contributed by atoms with Gasteiger partial charge in [0.2, 0.25) is 0 Å². The van der Waals surface area contributed by atoms with Crippen molar-refractivity contribution in [3.05, 3.63) is 0 Å². The molecule has 7 heteroatoms. The van der Waals surface area contributed by atoms with Crippen molar-refractivity contribution in [1.82, 2.24) is 0 Å². The number of aliphatic carboxylic acids is 2. The number of rotatable bonds is 10. The van der Waals surface area contributed by atoms with Crippen molar-refractivity contribution in [3.63, 3.8) is 0 Å². The Morgan fingerprint density at radius 2 is 1.75 bits per heavy atom. The quantitative estimate of drug-likeness (QED) is 0.266. The predicted octanol–water partition coefficient (Wildman–Crippen LogP) is 0.724. The Labute approximate surface area is 122 Å². The van der Waals surface area contributed by atoms with Gasteiger partial charge in [0.15, 0.2) is 6.10 Å². The lowest BCUT2D eigenvalue weighted by molar-refractivity contribution is -0.873. The molecule has 0 aliphatic carbocycles. The molecule has 116 valence electrons. The average Bonchev–Trinajstić information content (AvgIpc) is 2.31. The molecule has 0 rings (SSSR count). The number of nitrogens with zero attached hydrogens (tertiary/aromatic N) is 1. The molecule has 0 heterocycles. The van der Waals surface area contributed by atoms with Gasteiger partial charge in [0, 0.05) is 12.8 Å². The summed E-state index contributed by atoms with van der Waals surface area (Å²) in [5, 5.41) is 17.4. The van der Waals surface area contributed by atoms with Crippen LogP contribution in [0.15, 0.2) is 0 Å². The van der Waals surface area contributed by atoms with E-state index in [1.807, 2.05) is 0 Å². The molecule has 20 heavy (non-hydrogen) atoms. The molecule has 0 aromatic carbocycles. The maximum Gasteiger partial charge on any atom is 0.307 e. The van der Waals surface area contributed by atoms with Crippen molar-refractivity contribution in [2.24, 2.45) is 0 Å². The van der Waals surface area contributed by atoms with Gasteiger partial charge in [0.1, 0.15) is 6.54 Å². The highest BCUT2D eigenvalue weighted by molar-refractivity contribution is 5.71. The Balaban J connectivity index is 4.59. The maximum atomic E-state index is 11.7. The lowest BCUT2D eigenvalue weighted by Gasteiger charge is -2.28. The normalized spacial score (nSPS) is 15.6. The number of carbonyl (C=O) groups excluding carboxylic acids is 1. The van der Waals surface area contributed by atoms with Crippen molar-refractivity contribution in [2.45, 2.75) is 38.2 Å². The summed E-state index contributed by atoms with van der Waals surface area (Å²) < 4.78 is 26.9. The van der Waals surface area contributed by atoms with Crippen molar-refractivity contribution in [2.75, 3.05) is 27.6 Å². The van der Waals surface area contributed by atoms with Gasteiger partial charge < -0.3 is 19.4 Å². The molecule has 0 aliphatic rings. The number of ether oxygens (including phenoxy) is 1. The Hall–Kier alpha value is -1.63. The molecule has 0 amide bonds. The third-order valence-electron chi connectivity index (χ3n) is 2.38. The summed E-state index contributed by atoms with van der Waals surface area (Å²) in [5.41, 5.74) is 0. The number of unbranched alkanes of at least 4 members (excludes halogenated alkanes) is 1. The molecule has 7 nitrogen and oxygen atoms in total. The van der Waals surface area contributed by atoms with Crippen molar-refractivity contribution >= 4 is 17.9 Å². The van der Waals surface area contributed by atoms with Crippen LogP contribution in [0, 0.1) is 0 Å². The van der Waals surface area contributed by atoms with Gasteiger partial charge in [-0.25, -0.2) is 0 Å². The maximum absolute atomic E-state index is 11.7. The third-order valence-corrected chi connectivity index (χ3v) is 2.38. The standard InChI is InChI=1S/C13H23NO6/c1-14(2,3)9-10(8-12(17)18)20-13(19)7-5-4-6-11(15)16/h10H,4-9H2,1-3H3,(H-,15,16,17,18)/p+1/t10-/m1/s1/i1+1D3. The van der Waals surface area contributed by atoms with E-state index < -0.39 is 41.9 Å². The minimum atomic E-state index is -2.37. The number of likely N-dealkylation sites (N-methyl/N-ethyl adjacent to an activating group) is 1. The number of quaternary nitrogens is 1. The Morgan fingerprint density at radius 3 is 2.25 bits per heavy atom.